The first-order valence-electron chi connectivity index (χ1n) is 7.46. The third-order valence-electron chi connectivity index (χ3n) is 5.20. The van der Waals surface area contributed by atoms with Gasteiger partial charge >= 0.3 is 0 Å². The van der Waals surface area contributed by atoms with Crippen LogP contribution >= 0.6 is 0 Å². The molecular weight excluding hydrogens is 226 g/mol. The Hall–Kier alpha value is -0.770. The summed E-state index contributed by atoms with van der Waals surface area (Å²) in [5, 5.41) is 11.7. The lowest BCUT2D eigenvalue weighted by Crippen LogP contribution is -2.36. The zero-order chi connectivity index (χ0) is 12.5. The van der Waals surface area contributed by atoms with Gasteiger partial charge in [0.05, 0.1) is 0 Å². The molecule has 3 aliphatic rings. The molecule has 0 amide bonds. The van der Waals surface area contributed by atoms with Crippen molar-refractivity contribution in [3.05, 3.63) is 0 Å². The molecule has 3 aliphatic carbocycles. The number of nitrogens with two attached hydrogens (primary N) is 1. The molecule has 3 unspecified atom stereocenters. The molecule has 4 nitrogen and oxygen atoms in total. The SMILES string of the molecule is NC(CCN(CC1CC2CCC1C2)C1CC1)=NO. The number of fused-ring (bicyclic) bond motifs is 2. The van der Waals surface area contributed by atoms with Crippen molar-refractivity contribution < 1.29 is 5.21 Å². The van der Waals surface area contributed by atoms with Crippen LogP contribution in [-0.2, 0) is 0 Å². The zero-order valence-corrected chi connectivity index (χ0v) is 11.1. The first-order valence-corrected chi connectivity index (χ1v) is 7.46. The van der Waals surface area contributed by atoms with Crippen LogP contribution in [0.25, 0.3) is 0 Å². The maximum absolute atomic E-state index is 8.62. The van der Waals surface area contributed by atoms with Gasteiger partial charge in [0.25, 0.3) is 0 Å². The van der Waals surface area contributed by atoms with Crippen LogP contribution in [-0.4, -0.2) is 35.1 Å². The summed E-state index contributed by atoms with van der Waals surface area (Å²) in [5.74, 6) is 3.33. The third-order valence-corrected chi connectivity index (χ3v) is 5.20. The topological polar surface area (TPSA) is 61.8 Å². The largest absolute Gasteiger partial charge is 0.409 e. The molecule has 0 aromatic carbocycles. The molecule has 0 radical (unpaired) electrons. The van der Waals surface area contributed by atoms with Crippen molar-refractivity contribution in [2.24, 2.45) is 28.6 Å². The van der Waals surface area contributed by atoms with Crippen molar-refractivity contribution in [3.63, 3.8) is 0 Å². The highest BCUT2D eigenvalue weighted by atomic mass is 16.4. The van der Waals surface area contributed by atoms with E-state index in [0.717, 1.165) is 30.3 Å². The molecular formula is C14H25N3O. The van der Waals surface area contributed by atoms with Gasteiger partial charge in [-0.25, -0.2) is 0 Å². The zero-order valence-electron chi connectivity index (χ0n) is 11.1. The van der Waals surface area contributed by atoms with E-state index in [1.54, 1.807) is 0 Å². The van der Waals surface area contributed by atoms with E-state index in [1.165, 1.54) is 45.1 Å². The molecule has 0 spiro atoms. The van der Waals surface area contributed by atoms with Gasteiger partial charge in [0.1, 0.15) is 5.84 Å². The lowest BCUT2D eigenvalue weighted by molar-refractivity contribution is 0.185. The second-order valence-electron chi connectivity index (χ2n) is 6.50. The van der Waals surface area contributed by atoms with Crippen molar-refractivity contribution in [2.75, 3.05) is 13.1 Å². The average molecular weight is 251 g/mol. The summed E-state index contributed by atoms with van der Waals surface area (Å²) in [6.07, 6.45) is 9.28. The number of hydrogen-bond acceptors (Lipinski definition) is 3. The summed E-state index contributed by atoms with van der Waals surface area (Å²) in [5.41, 5.74) is 5.58. The lowest BCUT2D eigenvalue weighted by Gasteiger charge is -2.29. The second kappa shape index (κ2) is 5.08. The predicted molar refractivity (Wildman–Crippen MR) is 71.6 cm³/mol. The molecule has 3 N–H and O–H groups in total. The predicted octanol–water partition coefficient (Wildman–Crippen LogP) is 2.02. The smallest absolute Gasteiger partial charge is 0.140 e. The maximum Gasteiger partial charge on any atom is 0.140 e. The fourth-order valence-corrected chi connectivity index (χ4v) is 4.07. The van der Waals surface area contributed by atoms with Crippen LogP contribution in [0.1, 0.15) is 44.9 Å². The third kappa shape index (κ3) is 2.63. The standard InChI is InChI=1S/C14H25N3O/c15-14(16-18)5-6-17(13-3-4-13)9-12-8-10-1-2-11(12)7-10/h10-13,18H,1-9H2,(H2,15,16). The molecule has 0 aliphatic heterocycles. The van der Waals surface area contributed by atoms with Gasteiger partial charge in [0, 0.05) is 25.6 Å². The average Bonchev–Trinajstić information content (AvgIpc) is 3.03. The highest BCUT2D eigenvalue weighted by Gasteiger charge is 2.41. The normalized spacial score (nSPS) is 35.6. The summed E-state index contributed by atoms with van der Waals surface area (Å²) in [4.78, 5) is 2.60. The van der Waals surface area contributed by atoms with Crippen LogP contribution in [0.4, 0.5) is 0 Å². The summed E-state index contributed by atoms with van der Waals surface area (Å²) < 4.78 is 0. The van der Waals surface area contributed by atoms with Gasteiger partial charge in [-0.2, -0.15) is 0 Å². The molecule has 3 saturated carbocycles. The number of hydrogen-bond donors (Lipinski definition) is 2. The number of rotatable bonds is 6. The molecule has 0 aromatic heterocycles. The molecule has 0 aromatic rings. The number of nitrogens with zero attached hydrogens (tertiary/aromatic N) is 2. The minimum atomic E-state index is 0.369. The Labute approximate surface area is 109 Å². The number of amidine groups is 1. The summed E-state index contributed by atoms with van der Waals surface area (Å²) in [6, 6.07) is 0.788. The Balaban J connectivity index is 1.51. The van der Waals surface area contributed by atoms with Gasteiger partial charge < -0.3 is 10.9 Å². The van der Waals surface area contributed by atoms with Crippen LogP contribution in [0.15, 0.2) is 5.16 Å². The van der Waals surface area contributed by atoms with E-state index >= 15 is 0 Å². The van der Waals surface area contributed by atoms with Crippen LogP contribution in [0.5, 0.6) is 0 Å². The van der Waals surface area contributed by atoms with E-state index in [-0.39, 0.29) is 0 Å². The Morgan fingerprint density at radius 3 is 2.61 bits per heavy atom. The van der Waals surface area contributed by atoms with E-state index in [0.29, 0.717) is 12.3 Å². The molecule has 0 saturated heterocycles. The molecule has 18 heavy (non-hydrogen) atoms. The van der Waals surface area contributed by atoms with E-state index in [1.807, 2.05) is 0 Å². The van der Waals surface area contributed by atoms with Gasteiger partial charge in [0.15, 0.2) is 0 Å². The molecule has 102 valence electrons. The minimum absolute atomic E-state index is 0.369. The Morgan fingerprint density at radius 1 is 1.22 bits per heavy atom. The van der Waals surface area contributed by atoms with Crippen molar-refractivity contribution in [3.8, 4) is 0 Å². The first kappa shape index (κ1) is 12.3. The molecule has 3 rings (SSSR count). The Kier molecular flexibility index (Phi) is 3.46. The highest BCUT2D eigenvalue weighted by molar-refractivity contribution is 5.79. The summed E-state index contributed by atoms with van der Waals surface area (Å²) in [7, 11) is 0. The fraction of sp³-hybridized carbons (Fsp3) is 0.929. The highest BCUT2D eigenvalue weighted by Crippen LogP contribution is 2.49. The van der Waals surface area contributed by atoms with E-state index in [9.17, 15) is 0 Å². The fourth-order valence-electron chi connectivity index (χ4n) is 4.07. The van der Waals surface area contributed by atoms with Gasteiger partial charge in [-0.05, 0) is 49.9 Å². The molecule has 4 heteroatoms. The van der Waals surface area contributed by atoms with Crippen LogP contribution < -0.4 is 5.73 Å². The summed E-state index contributed by atoms with van der Waals surface area (Å²) in [6.45, 7) is 2.22. The Bertz CT molecular complexity index is 327. The van der Waals surface area contributed by atoms with Crippen molar-refractivity contribution >= 4 is 5.84 Å². The maximum atomic E-state index is 8.62. The van der Waals surface area contributed by atoms with Crippen LogP contribution in [0.3, 0.4) is 0 Å². The van der Waals surface area contributed by atoms with Gasteiger partial charge in [0.2, 0.25) is 0 Å². The quantitative estimate of drug-likeness (QED) is 0.328. The van der Waals surface area contributed by atoms with Gasteiger partial charge in [-0.1, -0.05) is 11.6 Å². The second-order valence-corrected chi connectivity index (χ2v) is 6.50. The summed E-state index contributed by atoms with van der Waals surface area (Å²) >= 11 is 0. The Morgan fingerprint density at radius 2 is 2.06 bits per heavy atom. The van der Waals surface area contributed by atoms with Crippen molar-refractivity contribution in [1.29, 1.82) is 0 Å². The molecule has 3 fully saturated rings. The number of oxime groups is 1. The monoisotopic (exact) mass is 251 g/mol. The van der Waals surface area contributed by atoms with Crippen LogP contribution in [0.2, 0.25) is 0 Å². The van der Waals surface area contributed by atoms with Crippen LogP contribution in [0, 0.1) is 17.8 Å². The molecule has 3 atom stereocenters. The first-order chi connectivity index (χ1) is 8.76. The minimum Gasteiger partial charge on any atom is -0.409 e. The van der Waals surface area contributed by atoms with Crippen molar-refractivity contribution in [1.82, 2.24) is 4.90 Å². The van der Waals surface area contributed by atoms with Gasteiger partial charge in [-0.3, -0.25) is 4.90 Å². The lowest BCUT2D eigenvalue weighted by atomic mass is 9.88. The van der Waals surface area contributed by atoms with Gasteiger partial charge in [-0.15, -0.1) is 0 Å². The van der Waals surface area contributed by atoms with E-state index < -0.39 is 0 Å². The van der Waals surface area contributed by atoms with E-state index in [2.05, 4.69) is 10.1 Å². The van der Waals surface area contributed by atoms with E-state index in [4.69, 9.17) is 10.9 Å². The molecule has 2 bridgehead atoms. The van der Waals surface area contributed by atoms with Crippen molar-refractivity contribution in [2.45, 2.75) is 51.0 Å². The molecule has 0 heterocycles.